The molecule has 2 N–H and O–H groups in total. The van der Waals surface area contributed by atoms with Gasteiger partial charge in [0.05, 0.1) is 19.8 Å². The van der Waals surface area contributed by atoms with Crippen molar-refractivity contribution in [3.8, 4) is 0 Å². The summed E-state index contributed by atoms with van der Waals surface area (Å²) in [4.78, 5) is 26.4. The van der Waals surface area contributed by atoms with Crippen LogP contribution in [0.1, 0.15) is 0 Å². The van der Waals surface area contributed by atoms with Gasteiger partial charge in [-0.2, -0.15) is 0 Å². The van der Waals surface area contributed by atoms with Crippen molar-refractivity contribution in [2.24, 2.45) is 17.3 Å². The van der Waals surface area contributed by atoms with E-state index in [0.29, 0.717) is 26.2 Å². The Labute approximate surface area is 110 Å². The number of hydrogen-bond donors (Lipinski definition) is 2. The zero-order valence-corrected chi connectivity index (χ0v) is 10.6. The highest BCUT2D eigenvalue weighted by Crippen LogP contribution is 2.61. The van der Waals surface area contributed by atoms with Crippen LogP contribution < -0.4 is 0 Å². The molecular weight excluding hydrogens is 252 g/mol. The summed E-state index contributed by atoms with van der Waals surface area (Å²) in [7, 11) is 0. The third-order valence-electron chi connectivity index (χ3n) is 4.80. The maximum Gasteiger partial charge on any atom is 0.410 e. The van der Waals surface area contributed by atoms with Crippen LogP contribution in [-0.4, -0.2) is 78.0 Å². The van der Waals surface area contributed by atoms with E-state index in [1.54, 1.807) is 4.90 Å². The lowest BCUT2D eigenvalue weighted by Crippen LogP contribution is -2.42. The Morgan fingerprint density at radius 2 is 1.95 bits per heavy atom. The fourth-order valence-corrected chi connectivity index (χ4v) is 3.39. The molecule has 3 rings (SSSR count). The number of cyclic esters (lactones) is 1. The summed E-state index contributed by atoms with van der Waals surface area (Å²) in [5.74, 6) is 0.296. The van der Waals surface area contributed by atoms with E-state index in [-0.39, 0.29) is 42.9 Å². The number of nitrogens with zero attached hydrogens (tertiary/aromatic N) is 2. The SMILES string of the molecule is O=C(CN1CCOC1=O)N1CC2C(C1)C2(CO)CO. The summed E-state index contributed by atoms with van der Waals surface area (Å²) < 4.78 is 4.78. The molecule has 2 saturated heterocycles. The van der Waals surface area contributed by atoms with Crippen LogP contribution in [-0.2, 0) is 9.53 Å². The Hall–Kier alpha value is -1.34. The molecule has 2 aliphatic heterocycles. The number of hydrogen-bond acceptors (Lipinski definition) is 5. The first-order valence-corrected chi connectivity index (χ1v) is 6.53. The van der Waals surface area contributed by atoms with Crippen LogP contribution in [0.4, 0.5) is 4.79 Å². The quantitative estimate of drug-likeness (QED) is 0.649. The Kier molecular flexibility index (Phi) is 2.90. The van der Waals surface area contributed by atoms with Gasteiger partial charge >= 0.3 is 6.09 Å². The lowest BCUT2D eigenvalue weighted by molar-refractivity contribution is -0.131. The van der Waals surface area contributed by atoms with E-state index >= 15 is 0 Å². The van der Waals surface area contributed by atoms with Gasteiger partial charge in [-0.25, -0.2) is 4.79 Å². The van der Waals surface area contributed by atoms with E-state index in [4.69, 9.17) is 4.74 Å². The molecule has 1 aliphatic carbocycles. The minimum atomic E-state index is -0.433. The molecule has 2 atom stereocenters. The molecule has 7 heteroatoms. The highest BCUT2D eigenvalue weighted by molar-refractivity contribution is 5.83. The molecule has 2 unspecified atom stereocenters. The highest BCUT2D eigenvalue weighted by Gasteiger charge is 2.68. The molecule has 2 amide bonds. The summed E-state index contributed by atoms with van der Waals surface area (Å²) in [6.07, 6.45) is -0.433. The van der Waals surface area contributed by atoms with Crippen LogP contribution in [0.15, 0.2) is 0 Å². The molecule has 106 valence electrons. The first-order chi connectivity index (χ1) is 9.12. The monoisotopic (exact) mass is 270 g/mol. The van der Waals surface area contributed by atoms with Crippen molar-refractivity contribution in [3.05, 3.63) is 0 Å². The fraction of sp³-hybridized carbons (Fsp3) is 0.833. The van der Waals surface area contributed by atoms with Crippen LogP contribution in [0.2, 0.25) is 0 Å². The van der Waals surface area contributed by atoms with Crippen LogP contribution in [0, 0.1) is 17.3 Å². The first kappa shape index (κ1) is 12.7. The second-order valence-electron chi connectivity index (χ2n) is 5.60. The number of fused-ring (bicyclic) bond motifs is 1. The zero-order valence-electron chi connectivity index (χ0n) is 10.6. The summed E-state index contributed by atoms with van der Waals surface area (Å²) in [5.41, 5.74) is -0.386. The zero-order chi connectivity index (χ0) is 13.6. The second kappa shape index (κ2) is 4.35. The van der Waals surface area contributed by atoms with Crippen molar-refractivity contribution < 1.29 is 24.5 Å². The summed E-state index contributed by atoms with van der Waals surface area (Å²) in [5, 5.41) is 18.6. The van der Waals surface area contributed by atoms with E-state index in [2.05, 4.69) is 0 Å². The van der Waals surface area contributed by atoms with Crippen molar-refractivity contribution in [2.75, 3.05) is 46.0 Å². The van der Waals surface area contributed by atoms with Gasteiger partial charge in [0, 0.05) is 18.5 Å². The number of rotatable bonds is 4. The van der Waals surface area contributed by atoms with E-state index < -0.39 is 6.09 Å². The van der Waals surface area contributed by atoms with Crippen molar-refractivity contribution in [1.29, 1.82) is 0 Å². The minimum Gasteiger partial charge on any atom is -0.448 e. The van der Waals surface area contributed by atoms with Crippen molar-refractivity contribution >= 4 is 12.0 Å². The average Bonchev–Trinajstić information content (AvgIpc) is 2.77. The van der Waals surface area contributed by atoms with Crippen LogP contribution in [0.5, 0.6) is 0 Å². The van der Waals surface area contributed by atoms with Gasteiger partial charge in [-0.1, -0.05) is 0 Å². The van der Waals surface area contributed by atoms with Gasteiger partial charge in [0.25, 0.3) is 0 Å². The van der Waals surface area contributed by atoms with Gasteiger partial charge in [0.1, 0.15) is 13.2 Å². The largest absolute Gasteiger partial charge is 0.448 e. The van der Waals surface area contributed by atoms with Crippen molar-refractivity contribution in [2.45, 2.75) is 0 Å². The summed E-state index contributed by atoms with van der Waals surface area (Å²) in [6, 6.07) is 0. The Morgan fingerprint density at radius 3 is 2.42 bits per heavy atom. The predicted molar refractivity (Wildman–Crippen MR) is 63.1 cm³/mol. The lowest BCUT2D eigenvalue weighted by atomic mass is 10.0. The molecule has 0 bridgehead atoms. The van der Waals surface area contributed by atoms with E-state index in [0.717, 1.165) is 0 Å². The second-order valence-corrected chi connectivity index (χ2v) is 5.60. The van der Waals surface area contributed by atoms with Gasteiger partial charge in [-0.3, -0.25) is 9.69 Å². The van der Waals surface area contributed by atoms with Crippen molar-refractivity contribution in [3.63, 3.8) is 0 Å². The smallest absolute Gasteiger partial charge is 0.410 e. The Balaban J connectivity index is 1.53. The van der Waals surface area contributed by atoms with Gasteiger partial charge < -0.3 is 19.8 Å². The molecule has 0 aromatic rings. The number of carbonyl (C=O) groups is 2. The molecule has 19 heavy (non-hydrogen) atoms. The number of aliphatic hydroxyl groups excluding tert-OH is 2. The van der Waals surface area contributed by atoms with E-state index in [9.17, 15) is 19.8 Å². The Bertz CT molecular complexity index is 395. The van der Waals surface area contributed by atoms with Gasteiger partial charge in [-0.05, 0) is 11.8 Å². The number of carbonyl (C=O) groups excluding carboxylic acids is 2. The lowest BCUT2D eigenvalue weighted by Gasteiger charge is -2.25. The molecule has 1 saturated carbocycles. The number of aliphatic hydroxyl groups is 2. The number of likely N-dealkylation sites (tertiary alicyclic amines) is 1. The van der Waals surface area contributed by atoms with Gasteiger partial charge in [0.2, 0.25) is 5.91 Å². The van der Waals surface area contributed by atoms with E-state index in [1.807, 2.05) is 0 Å². The van der Waals surface area contributed by atoms with Crippen LogP contribution in [0.3, 0.4) is 0 Å². The standard InChI is InChI=1S/C12H18N2O5/c15-6-12(7-16)8-3-14(4-9(8)12)10(17)5-13-1-2-19-11(13)18/h8-9,15-16H,1-7H2. The van der Waals surface area contributed by atoms with Crippen LogP contribution >= 0.6 is 0 Å². The summed E-state index contributed by atoms with van der Waals surface area (Å²) in [6.45, 7) is 1.93. The summed E-state index contributed by atoms with van der Waals surface area (Å²) >= 11 is 0. The molecular formula is C12H18N2O5. The molecule has 0 radical (unpaired) electrons. The maximum atomic E-state index is 12.1. The van der Waals surface area contributed by atoms with Gasteiger partial charge in [0.15, 0.2) is 0 Å². The van der Waals surface area contributed by atoms with Crippen molar-refractivity contribution in [1.82, 2.24) is 9.80 Å². The first-order valence-electron chi connectivity index (χ1n) is 6.53. The molecule has 3 aliphatic rings. The van der Waals surface area contributed by atoms with Gasteiger partial charge in [-0.15, -0.1) is 0 Å². The predicted octanol–water partition coefficient (Wildman–Crippen LogP) is -1.50. The molecule has 7 nitrogen and oxygen atoms in total. The maximum absolute atomic E-state index is 12.1. The molecule has 0 aromatic carbocycles. The Morgan fingerprint density at radius 1 is 1.32 bits per heavy atom. The van der Waals surface area contributed by atoms with E-state index in [1.165, 1.54) is 4.90 Å². The fourth-order valence-electron chi connectivity index (χ4n) is 3.39. The molecule has 3 fully saturated rings. The number of amides is 2. The highest BCUT2D eigenvalue weighted by atomic mass is 16.6. The third kappa shape index (κ3) is 1.80. The number of ether oxygens (including phenoxy) is 1. The topological polar surface area (TPSA) is 90.3 Å². The average molecular weight is 270 g/mol. The van der Waals surface area contributed by atoms with Crippen LogP contribution in [0.25, 0.3) is 0 Å². The molecule has 2 heterocycles. The molecule has 0 aromatic heterocycles. The third-order valence-corrected chi connectivity index (χ3v) is 4.80. The number of piperidine rings is 1. The molecule has 0 spiro atoms. The normalized spacial score (nSPS) is 31.4. The minimum absolute atomic E-state index is 0.0285.